The summed E-state index contributed by atoms with van der Waals surface area (Å²) in [5.41, 5.74) is 0.615. The smallest absolute Gasteiger partial charge is 0.253 e. The molecule has 0 aliphatic carbocycles. The second kappa shape index (κ2) is 8.37. The second-order valence-corrected chi connectivity index (χ2v) is 8.71. The summed E-state index contributed by atoms with van der Waals surface area (Å²) < 4.78 is 36.4. The Bertz CT molecular complexity index is 706. The monoisotopic (exact) mass is 382 g/mol. The average molecular weight is 382 g/mol. The van der Waals surface area contributed by atoms with E-state index < -0.39 is 10.0 Å². The number of ether oxygens (including phenoxy) is 2. The number of benzene rings is 1. The molecular weight excluding hydrogens is 356 g/mol. The van der Waals surface area contributed by atoms with Crippen LogP contribution in [0.25, 0.3) is 0 Å². The van der Waals surface area contributed by atoms with Crippen molar-refractivity contribution < 1.29 is 22.7 Å². The van der Waals surface area contributed by atoms with Crippen molar-refractivity contribution in [2.75, 3.05) is 32.6 Å². The largest absolute Gasteiger partial charge is 0.491 e. The Morgan fingerprint density at radius 3 is 2.50 bits per heavy atom. The summed E-state index contributed by atoms with van der Waals surface area (Å²) in [6.45, 7) is 2.43. The van der Waals surface area contributed by atoms with Gasteiger partial charge in [-0.15, -0.1) is 0 Å². The molecule has 144 valence electrons. The molecule has 2 fully saturated rings. The van der Waals surface area contributed by atoms with Gasteiger partial charge in [-0.25, -0.2) is 13.1 Å². The Balaban J connectivity index is 1.48. The van der Waals surface area contributed by atoms with E-state index >= 15 is 0 Å². The van der Waals surface area contributed by atoms with E-state index in [1.54, 1.807) is 29.2 Å². The summed E-state index contributed by atoms with van der Waals surface area (Å²) in [5, 5.41) is 0. The zero-order chi connectivity index (χ0) is 18.6. The number of amides is 1. The van der Waals surface area contributed by atoms with E-state index in [4.69, 9.17) is 9.47 Å². The standard InChI is InChI=1S/C18H26N2O5S/c1-26(22,23)19-15-8-10-20(11-9-15)18(21)14-4-6-16(7-5-14)25-13-17-3-2-12-24-17/h4-7,15,17,19H,2-3,8-13H2,1H3/t17-/m1/s1. The van der Waals surface area contributed by atoms with Crippen LogP contribution in [0, 0.1) is 0 Å². The van der Waals surface area contributed by atoms with Crippen LogP contribution in [0.15, 0.2) is 24.3 Å². The Morgan fingerprint density at radius 2 is 1.92 bits per heavy atom. The normalized spacial score (nSPS) is 21.7. The summed E-state index contributed by atoms with van der Waals surface area (Å²) in [6.07, 6.45) is 4.69. The van der Waals surface area contributed by atoms with E-state index in [1.807, 2.05) is 0 Å². The molecule has 0 spiro atoms. The van der Waals surface area contributed by atoms with Crippen LogP contribution >= 0.6 is 0 Å². The zero-order valence-corrected chi connectivity index (χ0v) is 15.8. The molecule has 26 heavy (non-hydrogen) atoms. The fraction of sp³-hybridized carbons (Fsp3) is 0.611. The highest BCUT2D eigenvalue weighted by Crippen LogP contribution is 2.19. The summed E-state index contributed by atoms with van der Waals surface area (Å²) in [6, 6.07) is 7.06. The fourth-order valence-corrected chi connectivity index (χ4v) is 4.19. The third-order valence-corrected chi connectivity index (χ3v) is 5.49. The van der Waals surface area contributed by atoms with E-state index in [0.717, 1.165) is 31.5 Å². The molecule has 0 radical (unpaired) electrons. The second-order valence-electron chi connectivity index (χ2n) is 6.93. The van der Waals surface area contributed by atoms with Gasteiger partial charge in [0.2, 0.25) is 10.0 Å². The molecule has 2 heterocycles. The van der Waals surface area contributed by atoms with Crippen molar-refractivity contribution in [1.29, 1.82) is 0 Å². The highest BCUT2D eigenvalue weighted by Gasteiger charge is 2.25. The molecule has 0 unspecified atom stereocenters. The first-order valence-corrected chi connectivity index (χ1v) is 10.9. The molecule has 2 aliphatic heterocycles. The van der Waals surface area contributed by atoms with Crippen molar-refractivity contribution in [2.45, 2.75) is 37.8 Å². The van der Waals surface area contributed by atoms with Crippen LogP contribution in [0.4, 0.5) is 0 Å². The third kappa shape index (κ3) is 5.43. The number of carbonyl (C=O) groups is 1. The highest BCUT2D eigenvalue weighted by atomic mass is 32.2. The Labute approximate surface area is 154 Å². The number of carbonyl (C=O) groups excluding carboxylic acids is 1. The number of hydrogen-bond acceptors (Lipinski definition) is 5. The molecule has 1 aromatic carbocycles. The van der Waals surface area contributed by atoms with Gasteiger partial charge < -0.3 is 14.4 Å². The lowest BCUT2D eigenvalue weighted by atomic mass is 10.0. The van der Waals surface area contributed by atoms with Crippen LogP contribution in [-0.4, -0.2) is 63.9 Å². The molecule has 0 aromatic heterocycles. The van der Waals surface area contributed by atoms with Crippen LogP contribution < -0.4 is 9.46 Å². The van der Waals surface area contributed by atoms with E-state index in [1.165, 1.54) is 0 Å². The molecular formula is C18H26N2O5S. The van der Waals surface area contributed by atoms with Gasteiger partial charge in [-0.05, 0) is 49.9 Å². The predicted molar refractivity (Wildman–Crippen MR) is 97.8 cm³/mol. The molecule has 1 amide bonds. The van der Waals surface area contributed by atoms with Crippen LogP contribution in [0.3, 0.4) is 0 Å². The van der Waals surface area contributed by atoms with Crippen molar-refractivity contribution in [3.63, 3.8) is 0 Å². The lowest BCUT2D eigenvalue weighted by Crippen LogP contribution is -2.46. The minimum Gasteiger partial charge on any atom is -0.491 e. The number of rotatable bonds is 6. The fourth-order valence-electron chi connectivity index (χ4n) is 3.34. The van der Waals surface area contributed by atoms with Gasteiger partial charge >= 0.3 is 0 Å². The number of nitrogens with zero attached hydrogens (tertiary/aromatic N) is 1. The number of sulfonamides is 1. The molecule has 0 bridgehead atoms. The predicted octanol–water partition coefficient (Wildman–Crippen LogP) is 1.40. The number of hydrogen-bond donors (Lipinski definition) is 1. The number of nitrogens with one attached hydrogen (secondary N) is 1. The maximum absolute atomic E-state index is 12.6. The molecule has 8 heteroatoms. The first-order valence-electron chi connectivity index (χ1n) is 9.02. The maximum atomic E-state index is 12.6. The highest BCUT2D eigenvalue weighted by molar-refractivity contribution is 7.88. The average Bonchev–Trinajstić information content (AvgIpc) is 3.13. The van der Waals surface area contributed by atoms with Gasteiger partial charge in [-0.3, -0.25) is 4.79 Å². The topological polar surface area (TPSA) is 84.9 Å². The first kappa shape index (κ1) is 19.1. The molecule has 1 aromatic rings. The van der Waals surface area contributed by atoms with Gasteiger partial charge in [0.25, 0.3) is 5.91 Å². The van der Waals surface area contributed by atoms with Crippen LogP contribution in [-0.2, 0) is 14.8 Å². The van der Waals surface area contributed by atoms with Crippen LogP contribution in [0.5, 0.6) is 5.75 Å². The van der Waals surface area contributed by atoms with E-state index in [2.05, 4.69) is 4.72 Å². The van der Waals surface area contributed by atoms with Gasteiger partial charge in [-0.1, -0.05) is 0 Å². The lowest BCUT2D eigenvalue weighted by molar-refractivity contribution is 0.0677. The Kier molecular flexibility index (Phi) is 6.16. The zero-order valence-electron chi connectivity index (χ0n) is 15.0. The summed E-state index contributed by atoms with van der Waals surface area (Å²) in [4.78, 5) is 14.4. The van der Waals surface area contributed by atoms with Crippen molar-refractivity contribution in [2.24, 2.45) is 0 Å². The SMILES string of the molecule is CS(=O)(=O)NC1CCN(C(=O)c2ccc(OC[C@H]3CCCO3)cc2)CC1. The van der Waals surface area contributed by atoms with Gasteiger partial charge in [0.05, 0.1) is 12.4 Å². The molecule has 1 N–H and O–H groups in total. The van der Waals surface area contributed by atoms with Gasteiger partial charge in [0, 0.05) is 31.3 Å². The molecule has 2 aliphatic rings. The van der Waals surface area contributed by atoms with Gasteiger partial charge in [0.15, 0.2) is 0 Å². The van der Waals surface area contributed by atoms with Crippen LogP contribution in [0.1, 0.15) is 36.0 Å². The van der Waals surface area contributed by atoms with Gasteiger partial charge in [-0.2, -0.15) is 0 Å². The van der Waals surface area contributed by atoms with Crippen molar-refractivity contribution in [1.82, 2.24) is 9.62 Å². The van der Waals surface area contributed by atoms with E-state index in [0.29, 0.717) is 38.1 Å². The van der Waals surface area contributed by atoms with Crippen molar-refractivity contribution in [3.8, 4) is 5.75 Å². The number of piperidine rings is 1. The molecule has 3 rings (SSSR count). The Morgan fingerprint density at radius 1 is 1.23 bits per heavy atom. The summed E-state index contributed by atoms with van der Waals surface area (Å²) in [7, 11) is -3.21. The summed E-state index contributed by atoms with van der Waals surface area (Å²) >= 11 is 0. The van der Waals surface area contributed by atoms with Gasteiger partial charge in [0.1, 0.15) is 12.4 Å². The maximum Gasteiger partial charge on any atom is 0.253 e. The molecule has 7 nitrogen and oxygen atoms in total. The first-order chi connectivity index (χ1) is 12.4. The molecule has 2 saturated heterocycles. The third-order valence-electron chi connectivity index (χ3n) is 4.72. The van der Waals surface area contributed by atoms with E-state index in [-0.39, 0.29) is 18.1 Å². The Hall–Kier alpha value is -1.64. The molecule has 1 atom stereocenters. The minimum atomic E-state index is -3.21. The van der Waals surface area contributed by atoms with E-state index in [9.17, 15) is 13.2 Å². The van der Waals surface area contributed by atoms with Crippen LogP contribution in [0.2, 0.25) is 0 Å². The lowest BCUT2D eigenvalue weighted by Gasteiger charge is -2.32. The summed E-state index contributed by atoms with van der Waals surface area (Å²) in [5.74, 6) is 0.696. The molecule has 0 saturated carbocycles. The minimum absolute atomic E-state index is 0.0338. The number of likely N-dealkylation sites (tertiary alicyclic amines) is 1. The quantitative estimate of drug-likeness (QED) is 0.804. The van der Waals surface area contributed by atoms with Crippen molar-refractivity contribution >= 4 is 15.9 Å². The van der Waals surface area contributed by atoms with Crippen molar-refractivity contribution in [3.05, 3.63) is 29.8 Å².